The van der Waals surface area contributed by atoms with Gasteiger partial charge in [0, 0.05) is 30.4 Å². The Hall–Kier alpha value is -2.60. The minimum absolute atomic E-state index is 0.133. The molecule has 0 atom stereocenters. The maximum absolute atomic E-state index is 12.0. The van der Waals surface area contributed by atoms with Crippen LogP contribution in [0.4, 0.5) is 0 Å². The highest BCUT2D eigenvalue weighted by Gasteiger charge is 2.16. The van der Waals surface area contributed by atoms with E-state index >= 15 is 0 Å². The standard InChI is InChI=1S/C17H17ClN2O4/c1-11(21)13-7-15(19-8-13)17(23)24-10-16(22)20(2)9-12-3-5-14(18)6-4-12/h3-8,19H,9-10H2,1-2H3. The first-order chi connectivity index (χ1) is 11.4. The monoisotopic (exact) mass is 348 g/mol. The van der Waals surface area contributed by atoms with Crippen molar-refractivity contribution in [2.75, 3.05) is 13.7 Å². The van der Waals surface area contributed by atoms with Gasteiger partial charge in [0.1, 0.15) is 5.69 Å². The zero-order valence-electron chi connectivity index (χ0n) is 13.3. The van der Waals surface area contributed by atoms with Crippen molar-refractivity contribution in [3.63, 3.8) is 0 Å². The lowest BCUT2D eigenvalue weighted by atomic mass is 10.2. The number of nitrogens with one attached hydrogen (secondary N) is 1. The number of hydrogen-bond donors (Lipinski definition) is 1. The minimum Gasteiger partial charge on any atom is -0.451 e. The van der Waals surface area contributed by atoms with E-state index in [9.17, 15) is 14.4 Å². The summed E-state index contributed by atoms with van der Waals surface area (Å²) >= 11 is 5.81. The smallest absolute Gasteiger partial charge is 0.355 e. The summed E-state index contributed by atoms with van der Waals surface area (Å²) in [7, 11) is 1.62. The van der Waals surface area contributed by atoms with E-state index in [1.807, 2.05) is 12.1 Å². The summed E-state index contributed by atoms with van der Waals surface area (Å²) in [5.41, 5.74) is 1.43. The Bertz CT molecular complexity index is 752. The van der Waals surface area contributed by atoms with E-state index in [0.717, 1.165) is 5.56 Å². The lowest BCUT2D eigenvalue weighted by molar-refractivity contribution is -0.133. The van der Waals surface area contributed by atoms with E-state index < -0.39 is 5.97 Å². The van der Waals surface area contributed by atoms with Gasteiger partial charge in [0.05, 0.1) is 0 Å². The fourth-order valence-electron chi connectivity index (χ4n) is 1.98. The molecule has 1 aromatic carbocycles. The third-order valence-corrected chi connectivity index (χ3v) is 3.65. The van der Waals surface area contributed by atoms with Crippen molar-refractivity contribution >= 4 is 29.3 Å². The highest BCUT2D eigenvalue weighted by molar-refractivity contribution is 6.30. The van der Waals surface area contributed by atoms with Crippen LogP contribution in [-0.4, -0.2) is 41.2 Å². The molecule has 1 N–H and O–H groups in total. The molecule has 1 heterocycles. The molecule has 0 radical (unpaired) electrons. The molecule has 0 fully saturated rings. The zero-order valence-corrected chi connectivity index (χ0v) is 14.1. The number of carbonyl (C=O) groups is 3. The number of benzene rings is 1. The van der Waals surface area contributed by atoms with Crippen LogP contribution in [0.25, 0.3) is 0 Å². The molecule has 0 spiro atoms. The van der Waals surface area contributed by atoms with Crippen LogP contribution in [0.2, 0.25) is 5.02 Å². The largest absolute Gasteiger partial charge is 0.451 e. The maximum atomic E-state index is 12.0. The molecular weight excluding hydrogens is 332 g/mol. The predicted octanol–water partition coefficient (Wildman–Crippen LogP) is 2.69. The Labute approximate surface area is 144 Å². The van der Waals surface area contributed by atoms with E-state index in [-0.39, 0.29) is 24.0 Å². The Morgan fingerprint density at radius 1 is 1.21 bits per heavy atom. The molecule has 2 aromatic rings. The van der Waals surface area contributed by atoms with E-state index in [2.05, 4.69) is 4.98 Å². The van der Waals surface area contributed by atoms with Crippen LogP contribution in [-0.2, 0) is 16.1 Å². The molecule has 6 nitrogen and oxygen atoms in total. The second-order valence-corrected chi connectivity index (χ2v) is 5.75. The Balaban J connectivity index is 1.85. The Morgan fingerprint density at radius 3 is 2.46 bits per heavy atom. The fraction of sp³-hybridized carbons (Fsp3) is 0.235. The van der Waals surface area contributed by atoms with Gasteiger partial charge in [-0.25, -0.2) is 4.79 Å². The van der Waals surface area contributed by atoms with Gasteiger partial charge in [-0.2, -0.15) is 0 Å². The first kappa shape index (κ1) is 17.7. The van der Waals surface area contributed by atoms with Crippen molar-refractivity contribution in [2.24, 2.45) is 0 Å². The van der Waals surface area contributed by atoms with Gasteiger partial charge in [-0.1, -0.05) is 23.7 Å². The summed E-state index contributed by atoms with van der Waals surface area (Å²) in [5, 5.41) is 0.623. The number of Topliss-reactive ketones (excluding diaryl/α,β-unsaturated/α-hetero) is 1. The molecular formula is C17H17ClN2O4. The van der Waals surface area contributed by atoms with E-state index in [1.165, 1.54) is 24.1 Å². The normalized spacial score (nSPS) is 10.3. The number of ketones is 1. The molecule has 1 aromatic heterocycles. The second kappa shape index (κ2) is 7.79. The molecule has 126 valence electrons. The molecule has 0 aliphatic rings. The molecule has 1 amide bonds. The predicted molar refractivity (Wildman–Crippen MR) is 89.0 cm³/mol. The highest BCUT2D eigenvalue weighted by Crippen LogP contribution is 2.11. The fourth-order valence-corrected chi connectivity index (χ4v) is 2.11. The quantitative estimate of drug-likeness (QED) is 0.643. The second-order valence-electron chi connectivity index (χ2n) is 5.31. The van der Waals surface area contributed by atoms with Gasteiger partial charge in [-0.15, -0.1) is 0 Å². The first-order valence-electron chi connectivity index (χ1n) is 7.21. The van der Waals surface area contributed by atoms with E-state index in [1.54, 1.807) is 19.2 Å². The summed E-state index contributed by atoms with van der Waals surface area (Å²) in [4.78, 5) is 39.2. The van der Waals surface area contributed by atoms with E-state index in [4.69, 9.17) is 16.3 Å². The summed E-state index contributed by atoms with van der Waals surface area (Å²) in [6.07, 6.45) is 1.42. The number of ether oxygens (including phenoxy) is 1. The van der Waals surface area contributed by atoms with Crippen molar-refractivity contribution in [1.82, 2.24) is 9.88 Å². The van der Waals surface area contributed by atoms with Gasteiger partial charge in [0.15, 0.2) is 12.4 Å². The van der Waals surface area contributed by atoms with Crippen LogP contribution in [0.15, 0.2) is 36.5 Å². The Kier molecular flexibility index (Phi) is 5.76. The van der Waals surface area contributed by atoms with Gasteiger partial charge in [0.2, 0.25) is 0 Å². The van der Waals surface area contributed by atoms with Gasteiger partial charge in [-0.05, 0) is 30.7 Å². The Morgan fingerprint density at radius 2 is 1.88 bits per heavy atom. The number of carbonyl (C=O) groups excluding carboxylic acids is 3. The molecule has 0 aliphatic carbocycles. The van der Waals surface area contributed by atoms with Crippen molar-refractivity contribution < 1.29 is 19.1 Å². The van der Waals surface area contributed by atoms with Gasteiger partial charge in [-0.3, -0.25) is 9.59 Å². The molecule has 0 unspecified atom stereocenters. The SMILES string of the molecule is CC(=O)c1c[nH]c(C(=O)OCC(=O)N(C)Cc2ccc(Cl)cc2)c1. The van der Waals surface area contributed by atoms with Gasteiger partial charge >= 0.3 is 5.97 Å². The van der Waals surface area contributed by atoms with Crippen LogP contribution in [0, 0.1) is 0 Å². The number of rotatable bonds is 6. The average molecular weight is 349 g/mol. The minimum atomic E-state index is -0.684. The van der Waals surface area contributed by atoms with Crippen molar-refractivity contribution in [3.8, 4) is 0 Å². The third kappa shape index (κ3) is 4.70. The number of H-pyrrole nitrogens is 1. The molecule has 2 rings (SSSR count). The molecule has 24 heavy (non-hydrogen) atoms. The lowest BCUT2D eigenvalue weighted by Crippen LogP contribution is -2.30. The van der Waals surface area contributed by atoms with Crippen LogP contribution in [0.5, 0.6) is 0 Å². The average Bonchev–Trinajstić information content (AvgIpc) is 3.04. The highest BCUT2D eigenvalue weighted by atomic mass is 35.5. The number of esters is 1. The molecule has 0 bridgehead atoms. The maximum Gasteiger partial charge on any atom is 0.355 e. The molecule has 0 saturated heterocycles. The summed E-state index contributed by atoms with van der Waals surface area (Å²) in [6, 6.07) is 8.52. The van der Waals surface area contributed by atoms with Crippen LogP contribution in [0.3, 0.4) is 0 Å². The summed E-state index contributed by atoms with van der Waals surface area (Å²) < 4.78 is 4.97. The number of likely N-dealkylation sites (N-methyl/N-ethyl adjacent to an activating group) is 1. The van der Waals surface area contributed by atoms with Crippen LogP contribution >= 0.6 is 11.6 Å². The number of halogens is 1. The van der Waals surface area contributed by atoms with Crippen LogP contribution in [0.1, 0.15) is 33.3 Å². The summed E-state index contributed by atoms with van der Waals surface area (Å²) in [5.74, 6) is -1.18. The number of aromatic amines is 1. The van der Waals surface area contributed by atoms with Crippen molar-refractivity contribution in [3.05, 3.63) is 58.4 Å². The summed E-state index contributed by atoms with van der Waals surface area (Å²) in [6.45, 7) is 1.40. The first-order valence-corrected chi connectivity index (χ1v) is 7.59. The molecule has 0 saturated carbocycles. The number of nitrogens with zero attached hydrogens (tertiary/aromatic N) is 1. The van der Waals surface area contributed by atoms with Crippen molar-refractivity contribution in [2.45, 2.75) is 13.5 Å². The van der Waals surface area contributed by atoms with Gasteiger partial charge in [0.25, 0.3) is 5.91 Å². The third-order valence-electron chi connectivity index (χ3n) is 3.39. The zero-order chi connectivity index (χ0) is 17.7. The number of aromatic nitrogens is 1. The van der Waals surface area contributed by atoms with Crippen LogP contribution < -0.4 is 0 Å². The molecule has 0 aliphatic heterocycles. The van der Waals surface area contributed by atoms with Gasteiger partial charge < -0.3 is 14.6 Å². The topological polar surface area (TPSA) is 79.5 Å². The number of amides is 1. The number of hydrogen-bond acceptors (Lipinski definition) is 4. The van der Waals surface area contributed by atoms with E-state index in [0.29, 0.717) is 17.1 Å². The lowest BCUT2D eigenvalue weighted by Gasteiger charge is -2.17. The molecule has 7 heteroatoms. The van der Waals surface area contributed by atoms with Crippen molar-refractivity contribution in [1.29, 1.82) is 0 Å².